The van der Waals surface area contributed by atoms with Crippen LogP contribution in [0, 0.1) is 0 Å². The number of hydrogen-bond acceptors (Lipinski definition) is 3. The van der Waals surface area contributed by atoms with Crippen molar-refractivity contribution in [2.24, 2.45) is 0 Å². The molecule has 0 saturated carbocycles. The van der Waals surface area contributed by atoms with Crippen LogP contribution in [-0.2, 0) is 19.5 Å². The minimum Gasteiger partial charge on any atom is -0.350 e. The van der Waals surface area contributed by atoms with Crippen LogP contribution >= 0.6 is 11.3 Å². The van der Waals surface area contributed by atoms with E-state index in [-0.39, 0.29) is 0 Å². The van der Waals surface area contributed by atoms with Crippen molar-refractivity contribution in [2.45, 2.75) is 32.9 Å². The van der Waals surface area contributed by atoms with Gasteiger partial charge in [0.25, 0.3) is 0 Å². The normalized spacial score (nSPS) is 10.9. The van der Waals surface area contributed by atoms with Gasteiger partial charge in [0.15, 0.2) is 0 Å². The fourth-order valence-corrected chi connectivity index (χ4v) is 2.46. The molecule has 2 aromatic rings. The summed E-state index contributed by atoms with van der Waals surface area (Å²) in [4.78, 5) is 4.27. The van der Waals surface area contributed by atoms with Crippen LogP contribution < -0.4 is 5.32 Å². The molecule has 0 aliphatic heterocycles. The van der Waals surface area contributed by atoms with Crippen LogP contribution in [0.25, 0.3) is 0 Å². The van der Waals surface area contributed by atoms with Gasteiger partial charge < -0.3 is 9.88 Å². The zero-order valence-electron chi connectivity index (χ0n) is 10.2. The van der Waals surface area contributed by atoms with E-state index < -0.39 is 0 Å². The Bertz CT molecular complexity index is 420. The Morgan fingerprint density at radius 2 is 2.41 bits per heavy atom. The minimum absolute atomic E-state index is 0.942. The second kappa shape index (κ2) is 6.57. The summed E-state index contributed by atoms with van der Waals surface area (Å²) in [6.07, 6.45) is 4.35. The molecule has 2 aromatic heterocycles. The quantitative estimate of drug-likeness (QED) is 0.765. The molecule has 0 radical (unpaired) electrons. The lowest BCUT2D eigenvalue weighted by Crippen LogP contribution is -2.19. The van der Waals surface area contributed by atoms with Gasteiger partial charge in [-0.05, 0) is 18.6 Å². The molecule has 17 heavy (non-hydrogen) atoms. The number of aromatic nitrogens is 2. The lowest BCUT2D eigenvalue weighted by atomic mass is 10.3. The standard InChI is InChI=1S/C13H19N3S/c1-2-7-16-8-3-4-13(16)9-14-6-5-12-10-17-11-15-12/h3-4,8,10-11,14H,2,5-7,9H2,1H3. The monoisotopic (exact) mass is 249 g/mol. The van der Waals surface area contributed by atoms with Gasteiger partial charge in [-0.2, -0.15) is 0 Å². The Kier molecular flexibility index (Phi) is 4.76. The lowest BCUT2D eigenvalue weighted by Gasteiger charge is -2.08. The highest BCUT2D eigenvalue weighted by atomic mass is 32.1. The first-order chi connectivity index (χ1) is 8.40. The van der Waals surface area contributed by atoms with Gasteiger partial charge >= 0.3 is 0 Å². The number of nitrogens with one attached hydrogen (secondary N) is 1. The molecule has 3 nitrogen and oxygen atoms in total. The predicted octanol–water partition coefficient (Wildman–Crippen LogP) is 2.69. The molecule has 92 valence electrons. The predicted molar refractivity (Wildman–Crippen MR) is 72.2 cm³/mol. The van der Waals surface area contributed by atoms with Crippen LogP contribution in [0.3, 0.4) is 0 Å². The van der Waals surface area contributed by atoms with E-state index in [9.17, 15) is 0 Å². The van der Waals surface area contributed by atoms with Gasteiger partial charge in [0.1, 0.15) is 0 Å². The van der Waals surface area contributed by atoms with Crippen LogP contribution in [0.4, 0.5) is 0 Å². The van der Waals surface area contributed by atoms with Crippen molar-refractivity contribution in [3.63, 3.8) is 0 Å². The molecule has 1 N–H and O–H groups in total. The van der Waals surface area contributed by atoms with Crippen molar-refractivity contribution in [3.05, 3.63) is 40.6 Å². The Morgan fingerprint density at radius 3 is 3.18 bits per heavy atom. The molecule has 0 aliphatic rings. The van der Waals surface area contributed by atoms with Gasteiger partial charge in [-0.15, -0.1) is 11.3 Å². The molecule has 2 heterocycles. The topological polar surface area (TPSA) is 29.9 Å². The van der Waals surface area contributed by atoms with E-state index in [0.29, 0.717) is 0 Å². The van der Waals surface area contributed by atoms with Crippen LogP contribution in [0.1, 0.15) is 24.7 Å². The highest BCUT2D eigenvalue weighted by Crippen LogP contribution is 2.04. The average Bonchev–Trinajstić information content (AvgIpc) is 2.96. The van der Waals surface area contributed by atoms with E-state index in [1.165, 1.54) is 17.8 Å². The van der Waals surface area contributed by atoms with Crippen molar-refractivity contribution in [2.75, 3.05) is 6.54 Å². The van der Waals surface area contributed by atoms with E-state index in [0.717, 1.165) is 26.1 Å². The van der Waals surface area contributed by atoms with E-state index in [1.807, 2.05) is 5.51 Å². The third kappa shape index (κ3) is 3.68. The van der Waals surface area contributed by atoms with Crippen LogP contribution in [0.2, 0.25) is 0 Å². The maximum Gasteiger partial charge on any atom is 0.0794 e. The first-order valence-corrected chi connectivity index (χ1v) is 7.06. The SMILES string of the molecule is CCCn1cccc1CNCCc1cscn1. The van der Waals surface area contributed by atoms with Gasteiger partial charge in [0.05, 0.1) is 11.2 Å². The largest absolute Gasteiger partial charge is 0.350 e. The van der Waals surface area contributed by atoms with E-state index in [1.54, 1.807) is 11.3 Å². The third-order valence-corrected chi connectivity index (χ3v) is 3.37. The van der Waals surface area contributed by atoms with Crippen molar-refractivity contribution in [1.82, 2.24) is 14.9 Å². The Morgan fingerprint density at radius 1 is 1.47 bits per heavy atom. The molecule has 0 bridgehead atoms. The molecule has 0 saturated heterocycles. The molecular weight excluding hydrogens is 230 g/mol. The Balaban J connectivity index is 1.72. The smallest absolute Gasteiger partial charge is 0.0794 e. The number of rotatable bonds is 7. The van der Waals surface area contributed by atoms with E-state index in [2.05, 4.69) is 45.5 Å². The molecule has 0 unspecified atom stereocenters. The molecule has 0 fully saturated rings. The third-order valence-electron chi connectivity index (χ3n) is 2.74. The average molecular weight is 249 g/mol. The van der Waals surface area contributed by atoms with Crippen LogP contribution in [0.15, 0.2) is 29.2 Å². The number of aryl methyl sites for hydroxylation is 1. The minimum atomic E-state index is 0.942. The summed E-state index contributed by atoms with van der Waals surface area (Å²) in [5.41, 5.74) is 4.44. The van der Waals surface area contributed by atoms with Gasteiger partial charge in [0, 0.05) is 43.3 Å². The fraction of sp³-hybridized carbons (Fsp3) is 0.462. The summed E-state index contributed by atoms with van der Waals surface area (Å²) >= 11 is 1.66. The second-order valence-corrected chi connectivity index (χ2v) is 4.82. The van der Waals surface area contributed by atoms with Gasteiger partial charge in [0.2, 0.25) is 0 Å². The number of nitrogens with zero attached hydrogens (tertiary/aromatic N) is 2. The summed E-state index contributed by atoms with van der Waals surface area (Å²) in [6, 6.07) is 4.30. The molecule has 4 heteroatoms. The molecule has 0 atom stereocenters. The highest BCUT2D eigenvalue weighted by Gasteiger charge is 1.99. The fourth-order valence-electron chi connectivity index (χ4n) is 1.86. The molecule has 0 aromatic carbocycles. The summed E-state index contributed by atoms with van der Waals surface area (Å²) in [5, 5.41) is 5.58. The number of thiazole rings is 1. The van der Waals surface area contributed by atoms with Gasteiger partial charge in [-0.25, -0.2) is 4.98 Å². The summed E-state index contributed by atoms with van der Waals surface area (Å²) in [5.74, 6) is 0. The lowest BCUT2D eigenvalue weighted by molar-refractivity contribution is 0.601. The van der Waals surface area contributed by atoms with Crippen molar-refractivity contribution < 1.29 is 0 Å². The summed E-state index contributed by atoms with van der Waals surface area (Å²) < 4.78 is 2.32. The second-order valence-electron chi connectivity index (χ2n) is 4.10. The zero-order valence-corrected chi connectivity index (χ0v) is 11.0. The van der Waals surface area contributed by atoms with Crippen molar-refractivity contribution in [1.29, 1.82) is 0 Å². The molecular formula is C13H19N3S. The molecule has 0 spiro atoms. The Labute approximate surface area is 107 Å². The zero-order chi connectivity index (χ0) is 11.9. The van der Waals surface area contributed by atoms with Gasteiger partial charge in [-0.1, -0.05) is 6.92 Å². The molecule has 0 aliphatic carbocycles. The van der Waals surface area contributed by atoms with Crippen molar-refractivity contribution in [3.8, 4) is 0 Å². The maximum atomic E-state index is 4.27. The van der Waals surface area contributed by atoms with Crippen LogP contribution in [-0.4, -0.2) is 16.1 Å². The maximum absolute atomic E-state index is 4.27. The van der Waals surface area contributed by atoms with Crippen molar-refractivity contribution >= 4 is 11.3 Å². The van der Waals surface area contributed by atoms with E-state index in [4.69, 9.17) is 0 Å². The Hall–Kier alpha value is -1.13. The summed E-state index contributed by atoms with van der Waals surface area (Å²) in [6.45, 7) is 5.24. The molecule has 2 rings (SSSR count). The number of hydrogen-bond donors (Lipinski definition) is 1. The first-order valence-electron chi connectivity index (χ1n) is 6.12. The molecule has 0 amide bonds. The highest BCUT2D eigenvalue weighted by molar-refractivity contribution is 7.07. The van der Waals surface area contributed by atoms with E-state index >= 15 is 0 Å². The van der Waals surface area contributed by atoms with Gasteiger partial charge in [-0.3, -0.25) is 0 Å². The first kappa shape index (κ1) is 12.3. The summed E-state index contributed by atoms with van der Waals surface area (Å²) in [7, 11) is 0. The van der Waals surface area contributed by atoms with Crippen LogP contribution in [0.5, 0.6) is 0 Å².